The molecule has 0 amide bonds. The van der Waals surface area contributed by atoms with Crippen LogP contribution in [0.4, 0.5) is 23.2 Å². The Hall–Kier alpha value is -1.79. The van der Waals surface area contributed by atoms with Crippen molar-refractivity contribution in [2.75, 3.05) is 5.32 Å². The Morgan fingerprint density at radius 2 is 2.00 bits per heavy atom. The van der Waals surface area contributed by atoms with Gasteiger partial charge in [-0.05, 0) is 31.0 Å². The highest BCUT2D eigenvalue weighted by Gasteiger charge is 2.34. The number of guanidine groups is 1. The molecule has 0 atom stereocenters. The van der Waals surface area contributed by atoms with Crippen molar-refractivity contribution in [1.29, 1.82) is 0 Å². The zero-order valence-corrected chi connectivity index (χ0v) is 9.26. The summed E-state index contributed by atoms with van der Waals surface area (Å²) in [5.74, 6) is -1.28. The van der Waals surface area contributed by atoms with Crippen LogP contribution in [0.3, 0.4) is 0 Å². The van der Waals surface area contributed by atoms with Crippen LogP contribution >= 0.6 is 0 Å². The lowest BCUT2D eigenvalue weighted by Gasteiger charge is -2.11. The first-order valence-corrected chi connectivity index (χ1v) is 5.33. The van der Waals surface area contributed by atoms with E-state index in [-0.39, 0.29) is 17.7 Å². The Bertz CT molecular complexity index is 478. The van der Waals surface area contributed by atoms with Crippen molar-refractivity contribution in [2.45, 2.75) is 25.1 Å². The van der Waals surface area contributed by atoms with E-state index in [4.69, 9.17) is 5.73 Å². The Balaban J connectivity index is 2.19. The Morgan fingerprint density at radius 3 is 2.56 bits per heavy atom. The summed E-state index contributed by atoms with van der Waals surface area (Å²) in [7, 11) is 0. The van der Waals surface area contributed by atoms with Crippen molar-refractivity contribution < 1.29 is 17.6 Å². The summed E-state index contributed by atoms with van der Waals surface area (Å²) >= 11 is 0. The number of benzene rings is 1. The van der Waals surface area contributed by atoms with Gasteiger partial charge in [-0.25, -0.2) is 9.38 Å². The lowest BCUT2D eigenvalue weighted by molar-refractivity contribution is -0.139. The second-order valence-corrected chi connectivity index (χ2v) is 4.06. The van der Waals surface area contributed by atoms with Crippen LogP contribution in [0, 0.1) is 5.82 Å². The lowest BCUT2D eigenvalue weighted by atomic mass is 10.2. The van der Waals surface area contributed by atoms with E-state index in [0.29, 0.717) is 6.07 Å². The van der Waals surface area contributed by atoms with Gasteiger partial charge in [0.15, 0.2) is 5.96 Å². The molecule has 7 heteroatoms. The topological polar surface area (TPSA) is 50.4 Å². The average molecular weight is 261 g/mol. The minimum atomic E-state index is -4.73. The van der Waals surface area contributed by atoms with Gasteiger partial charge in [0.05, 0.1) is 11.6 Å². The third kappa shape index (κ3) is 3.12. The average Bonchev–Trinajstić information content (AvgIpc) is 3.03. The van der Waals surface area contributed by atoms with E-state index in [9.17, 15) is 17.6 Å². The second-order valence-electron chi connectivity index (χ2n) is 4.06. The fraction of sp³-hybridized carbons (Fsp3) is 0.364. The molecular formula is C11H11F4N3. The van der Waals surface area contributed by atoms with Crippen LogP contribution in [-0.2, 0) is 6.18 Å². The molecule has 98 valence electrons. The molecule has 1 saturated carbocycles. The maximum atomic E-state index is 13.0. The summed E-state index contributed by atoms with van der Waals surface area (Å²) in [6.07, 6.45) is -2.87. The smallest absolute Gasteiger partial charge is 0.370 e. The second kappa shape index (κ2) is 4.47. The predicted molar refractivity (Wildman–Crippen MR) is 59.7 cm³/mol. The van der Waals surface area contributed by atoms with Crippen molar-refractivity contribution in [2.24, 2.45) is 10.7 Å². The normalized spacial score (nSPS) is 16.8. The maximum Gasteiger partial charge on any atom is 0.419 e. The zero-order valence-electron chi connectivity index (χ0n) is 9.26. The Morgan fingerprint density at radius 1 is 1.33 bits per heavy atom. The Labute approximate surface area is 101 Å². The molecule has 0 unspecified atom stereocenters. The van der Waals surface area contributed by atoms with Crippen LogP contribution in [0.2, 0.25) is 0 Å². The van der Waals surface area contributed by atoms with E-state index in [2.05, 4.69) is 10.3 Å². The van der Waals surface area contributed by atoms with Crippen molar-refractivity contribution in [3.63, 3.8) is 0 Å². The predicted octanol–water partition coefficient (Wildman–Crippen LogP) is 2.73. The van der Waals surface area contributed by atoms with Crippen LogP contribution in [0.15, 0.2) is 23.2 Å². The summed E-state index contributed by atoms with van der Waals surface area (Å²) in [6.45, 7) is 0. The molecule has 0 aliphatic heterocycles. The van der Waals surface area contributed by atoms with Gasteiger partial charge in [-0.3, -0.25) is 0 Å². The van der Waals surface area contributed by atoms with Crippen LogP contribution in [0.25, 0.3) is 0 Å². The molecule has 1 aromatic rings. The van der Waals surface area contributed by atoms with Gasteiger partial charge < -0.3 is 11.1 Å². The van der Waals surface area contributed by atoms with E-state index < -0.39 is 17.6 Å². The number of rotatable bonds is 2. The van der Waals surface area contributed by atoms with Gasteiger partial charge in [0.1, 0.15) is 5.82 Å². The third-order valence-corrected chi connectivity index (χ3v) is 2.41. The van der Waals surface area contributed by atoms with Crippen molar-refractivity contribution in [1.82, 2.24) is 0 Å². The molecule has 1 aliphatic carbocycles. The summed E-state index contributed by atoms with van der Waals surface area (Å²) in [4.78, 5) is 4.01. The standard InChI is InChI=1S/C11H11F4N3/c12-9-4-3-7(5-8(9)11(13,14)15)18-10(16)17-6-1-2-6/h3-6H,1-2H2,(H3,16,17,18). The molecule has 0 spiro atoms. The number of hydrogen-bond acceptors (Lipinski definition) is 1. The van der Waals surface area contributed by atoms with Gasteiger partial charge in [-0.2, -0.15) is 13.2 Å². The van der Waals surface area contributed by atoms with Gasteiger partial charge in [-0.15, -0.1) is 0 Å². The van der Waals surface area contributed by atoms with Crippen LogP contribution < -0.4 is 11.1 Å². The van der Waals surface area contributed by atoms with E-state index in [1.807, 2.05) is 0 Å². The largest absolute Gasteiger partial charge is 0.419 e. The number of halogens is 4. The highest BCUT2D eigenvalue weighted by molar-refractivity contribution is 5.92. The van der Waals surface area contributed by atoms with Gasteiger partial charge >= 0.3 is 6.18 Å². The fourth-order valence-corrected chi connectivity index (χ4v) is 1.40. The molecule has 0 radical (unpaired) electrons. The minimum absolute atomic E-state index is 0.0391. The molecule has 1 aromatic carbocycles. The van der Waals surface area contributed by atoms with E-state index >= 15 is 0 Å². The summed E-state index contributed by atoms with van der Waals surface area (Å²) in [6, 6.07) is 2.75. The fourth-order valence-electron chi connectivity index (χ4n) is 1.40. The van der Waals surface area contributed by atoms with E-state index in [1.54, 1.807) is 0 Å². The van der Waals surface area contributed by atoms with Crippen LogP contribution in [0.5, 0.6) is 0 Å². The molecule has 3 N–H and O–H groups in total. The molecule has 3 nitrogen and oxygen atoms in total. The number of anilines is 1. The molecular weight excluding hydrogens is 250 g/mol. The van der Waals surface area contributed by atoms with Crippen LogP contribution in [-0.4, -0.2) is 12.0 Å². The van der Waals surface area contributed by atoms with Crippen LogP contribution in [0.1, 0.15) is 18.4 Å². The first kappa shape index (κ1) is 12.7. The van der Waals surface area contributed by atoms with Gasteiger partial charge in [0.25, 0.3) is 0 Å². The minimum Gasteiger partial charge on any atom is -0.370 e. The van der Waals surface area contributed by atoms with Crippen molar-refractivity contribution in [3.05, 3.63) is 29.6 Å². The summed E-state index contributed by atoms with van der Waals surface area (Å²) < 4.78 is 50.4. The molecule has 0 saturated heterocycles. The number of nitrogens with zero attached hydrogens (tertiary/aromatic N) is 1. The van der Waals surface area contributed by atoms with E-state index in [0.717, 1.165) is 18.9 Å². The molecule has 1 fully saturated rings. The quantitative estimate of drug-likeness (QED) is 0.488. The highest BCUT2D eigenvalue weighted by Crippen LogP contribution is 2.33. The first-order valence-electron chi connectivity index (χ1n) is 5.33. The summed E-state index contributed by atoms with van der Waals surface area (Å²) in [5, 5.41) is 2.51. The molecule has 0 bridgehead atoms. The SMILES string of the molecule is NC(=NC1CC1)Nc1ccc(F)c(C(F)(F)F)c1. The van der Waals surface area contributed by atoms with E-state index in [1.165, 1.54) is 6.07 Å². The zero-order chi connectivity index (χ0) is 13.3. The number of nitrogens with one attached hydrogen (secondary N) is 1. The maximum absolute atomic E-state index is 13.0. The third-order valence-electron chi connectivity index (χ3n) is 2.41. The van der Waals surface area contributed by atoms with Gasteiger partial charge in [0, 0.05) is 5.69 Å². The molecule has 1 aliphatic rings. The van der Waals surface area contributed by atoms with Gasteiger partial charge in [0.2, 0.25) is 0 Å². The summed E-state index contributed by atoms with van der Waals surface area (Å²) in [5.41, 5.74) is 4.24. The first-order chi connectivity index (χ1) is 8.36. The molecule has 2 rings (SSSR count). The van der Waals surface area contributed by atoms with Crippen molar-refractivity contribution >= 4 is 11.6 Å². The number of aliphatic imine (C=N–C) groups is 1. The number of hydrogen-bond donors (Lipinski definition) is 2. The van der Waals surface area contributed by atoms with Crippen molar-refractivity contribution in [3.8, 4) is 0 Å². The molecule has 0 heterocycles. The Kier molecular flexibility index (Phi) is 3.14. The number of alkyl halides is 3. The number of nitrogens with two attached hydrogens (primary N) is 1. The lowest BCUT2D eigenvalue weighted by Crippen LogP contribution is -2.23. The molecule has 0 aromatic heterocycles. The van der Waals surface area contributed by atoms with Gasteiger partial charge in [-0.1, -0.05) is 0 Å². The highest BCUT2D eigenvalue weighted by atomic mass is 19.4. The monoisotopic (exact) mass is 261 g/mol. The molecule has 18 heavy (non-hydrogen) atoms.